The molecule has 0 aliphatic rings. The highest BCUT2D eigenvalue weighted by Crippen LogP contribution is 2.35. The number of methoxy groups -OCH3 is 1. The molecule has 3 aromatic rings. The molecule has 198 valence electrons. The lowest BCUT2D eigenvalue weighted by molar-refractivity contribution is -0.385. The average molecular weight is 536 g/mol. The summed E-state index contributed by atoms with van der Waals surface area (Å²) in [5.41, 5.74) is 0.0836. The molecule has 1 heterocycles. The van der Waals surface area contributed by atoms with Gasteiger partial charge in [-0.2, -0.15) is 9.78 Å². The lowest BCUT2D eigenvalue weighted by Gasteiger charge is -2.15. The molecule has 0 fully saturated rings. The minimum atomic E-state index is -4.24. The number of nitro benzene ring substituents is 1. The van der Waals surface area contributed by atoms with Gasteiger partial charge in [0.2, 0.25) is 15.9 Å². The molecule has 0 unspecified atom stereocenters. The zero-order chi connectivity index (χ0) is 27.3. The Labute approximate surface area is 212 Å². The van der Waals surface area contributed by atoms with Gasteiger partial charge in [-0.1, -0.05) is 0 Å². The maximum absolute atomic E-state index is 13.6. The normalized spacial score (nSPS) is 11.5. The number of benzene rings is 2. The topological polar surface area (TPSA) is 155 Å². The van der Waals surface area contributed by atoms with Crippen LogP contribution in [0.3, 0.4) is 0 Å². The molecule has 1 aromatic heterocycles. The molecule has 0 spiro atoms. The average Bonchev–Trinajstić information content (AvgIpc) is 3.15. The predicted octanol–water partition coefficient (Wildman–Crippen LogP) is 3.08. The number of rotatable bonds is 11. The van der Waals surface area contributed by atoms with Crippen molar-refractivity contribution in [1.82, 2.24) is 19.8 Å². The Kier molecular flexibility index (Phi) is 8.57. The number of nitro groups is 1. The summed E-state index contributed by atoms with van der Waals surface area (Å²) in [7, 11) is -2.76. The van der Waals surface area contributed by atoms with Crippen molar-refractivity contribution >= 4 is 21.6 Å². The maximum atomic E-state index is 13.6. The Morgan fingerprint density at radius 3 is 2.49 bits per heavy atom. The first-order valence-electron chi connectivity index (χ1n) is 11.1. The van der Waals surface area contributed by atoms with Gasteiger partial charge in [0.15, 0.2) is 5.69 Å². The van der Waals surface area contributed by atoms with E-state index in [2.05, 4.69) is 15.1 Å². The molecule has 12 nitrogen and oxygen atoms in total. The third-order valence-corrected chi connectivity index (χ3v) is 6.65. The van der Waals surface area contributed by atoms with Gasteiger partial charge in [-0.25, -0.2) is 17.5 Å². The summed E-state index contributed by atoms with van der Waals surface area (Å²) < 4.78 is 54.1. The number of carbonyl (C=O) groups is 1. The molecular formula is C23H26FN5O7S. The van der Waals surface area contributed by atoms with Crippen molar-refractivity contribution in [3.8, 4) is 17.3 Å². The van der Waals surface area contributed by atoms with Crippen molar-refractivity contribution in [2.24, 2.45) is 0 Å². The highest BCUT2D eigenvalue weighted by Gasteiger charge is 2.28. The zero-order valence-corrected chi connectivity index (χ0v) is 21.3. The lowest BCUT2D eigenvalue weighted by atomic mass is 10.2. The summed E-state index contributed by atoms with van der Waals surface area (Å²) >= 11 is 0. The van der Waals surface area contributed by atoms with Crippen molar-refractivity contribution in [2.75, 3.05) is 20.3 Å². The lowest BCUT2D eigenvalue weighted by Crippen LogP contribution is -2.30. The molecule has 0 saturated heterocycles. The number of hydrogen-bond donors (Lipinski definition) is 2. The number of nitrogens with one attached hydrogen (secondary N) is 2. The number of halogens is 1. The number of ether oxygens (including phenoxy) is 2. The fraction of sp³-hybridized carbons (Fsp3) is 0.304. The number of non-ortho nitro benzene ring substituents is 1. The molecule has 1 amide bonds. The van der Waals surface area contributed by atoms with Crippen molar-refractivity contribution in [1.29, 1.82) is 0 Å². The van der Waals surface area contributed by atoms with Crippen molar-refractivity contribution < 1.29 is 32.0 Å². The first kappa shape index (κ1) is 27.7. The van der Waals surface area contributed by atoms with E-state index in [1.54, 1.807) is 20.8 Å². The van der Waals surface area contributed by atoms with Crippen LogP contribution in [0.2, 0.25) is 0 Å². The number of aromatic nitrogens is 2. The highest BCUT2D eigenvalue weighted by atomic mass is 32.2. The Hall–Kier alpha value is -3.88. The Morgan fingerprint density at radius 1 is 1.22 bits per heavy atom. The molecule has 14 heteroatoms. The van der Waals surface area contributed by atoms with Crippen LogP contribution < -0.4 is 14.8 Å². The second-order valence-electron chi connectivity index (χ2n) is 8.18. The first-order chi connectivity index (χ1) is 17.4. The summed E-state index contributed by atoms with van der Waals surface area (Å²) in [6, 6.07) is 7.77. The molecule has 0 radical (unpaired) electrons. The van der Waals surface area contributed by atoms with Crippen LogP contribution >= 0.6 is 0 Å². The van der Waals surface area contributed by atoms with Gasteiger partial charge >= 0.3 is 0 Å². The maximum Gasteiger partial charge on any atom is 0.272 e. The molecule has 2 aromatic carbocycles. The van der Waals surface area contributed by atoms with Crippen LogP contribution in [-0.4, -0.2) is 55.3 Å². The second-order valence-corrected chi connectivity index (χ2v) is 9.86. The van der Waals surface area contributed by atoms with E-state index in [0.29, 0.717) is 5.69 Å². The summed E-state index contributed by atoms with van der Waals surface area (Å²) in [5.74, 6) is -1.33. The third-order valence-electron chi connectivity index (χ3n) is 4.97. The largest absolute Gasteiger partial charge is 0.437 e. The van der Waals surface area contributed by atoms with Crippen LogP contribution in [-0.2, 0) is 14.8 Å². The minimum absolute atomic E-state index is 0.0259. The zero-order valence-electron chi connectivity index (χ0n) is 20.5. The van der Waals surface area contributed by atoms with E-state index in [-0.39, 0.29) is 36.0 Å². The fourth-order valence-corrected chi connectivity index (χ4v) is 4.70. The van der Waals surface area contributed by atoms with Crippen molar-refractivity contribution in [3.63, 3.8) is 0 Å². The number of hydrogen-bond acceptors (Lipinski definition) is 8. The molecule has 37 heavy (non-hydrogen) atoms. The monoisotopic (exact) mass is 535 g/mol. The molecule has 0 aliphatic heterocycles. The van der Waals surface area contributed by atoms with Gasteiger partial charge in [0.05, 0.1) is 17.2 Å². The van der Waals surface area contributed by atoms with Gasteiger partial charge in [-0.05, 0) is 51.1 Å². The van der Waals surface area contributed by atoms with Crippen LogP contribution in [0, 0.1) is 22.9 Å². The summed E-state index contributed by atoms with van der Waals surface area (Å²) in [6.07, 6.45) is 0. The molecule has 3 rings (SSSR count). The SMILES string of the molecule is COCCNC(=O)c1nn(-c2ccc(F)cc2)c(Oc2ccc([N+](=O)[O-])cc2S(=O)(=O)NC(C)C)c1C. The fourth-order valence-electron chi connectivity index (χ4n) is 3.31. The van der Waals surface area contributed by atoms with E-state index in [0.717, 1.165) is 18.2 Å². The quantitative estimate of drug-likeness (QED) is 0.216. The van der Waals surface area contributed by atoms with Gasteiger partial charge in [0.1, 0.15) is 16.5 Å². The Bertz CT molecular complexity index is 1410. The number of amides is 1. The van der Waals surface area contributed by atoms with E-state index in [4.69, 9.17) is 9.47 Å². The first-order valence-corrected chi connectivity index (χ1v) is 12.5. The van der Waals surface area contributed by atoms with Crippen LogP contribution in [0.4, 0.5) is 10.1 Å². The minimum Gasteiger partial charge on any atom is -0.437 e. The molecule has 0 atom stereocenters. The van der Waals surface area contributed by atoms with Crippen molar-refractivity contribution in [2.45, 2.75) is 31.7 Å². The summed E-state index contributed by atoms with van der Waals surface area (Å²) in [6.45, 7) is 5.20. The van der Waals surface area contributed by atoms with E-state index in [1.807, 2.05) is 0 Å². The van der Waals surface area contributed by atoms with Gasteiger partial charge < -0.3 is 14.8 Å². The van der Waals surface area contributed by atoms with E-state index in [9.17, 15) is 27.7 Å². The molecule has 2 N–H and O–H groups in total. The van der Waals surface area contributed by atoms with Crippen LogP contribution in [0.1, 0.15) is 29.9 Å². The molecule has 0 bridgehead atoms. The summed E-state index contributed by atoms with van der Waals surface area (Å²) in [5, 5.41) is 18.3. The standard InChI is InChI=1S/C23H26FN5O7S/c1-14(2)27-37(33,34)20-13-18(29(31)32)9-10-19(20)36-23-15(3)21(22(30)25-11-12-35-4)26-28(23)17-7-5-16(24)6-8-17/h5-10,13-14,27H,11-12H2,1-4H3,(H,25,30). The Morgan fingerprint density at radius 2 is 1.89 bits per heavy atom. The summed E-state index contributed by atoms with van der Waals surface area (Å²) in [4.78, 5) is 22.9. The molecular weight excluding hydrogens is 509 g/mol. The van der Waals surface area contributed by atoms with Gasteiger partial charge in [-0.15, -0.1) is 0 Å². The van der Waals surface area contributed by atoms with E-state index >= 15 is 0 Å². The van der Waals surface area contributed by atoms with Gasteiger partial charge in [0, 0.05) is 37.4 Å². The van der Waals surface area contributed by atoms with Gasteiger partial charge in [-0.3, -0.25) is 14.9 Å². The van der Waals surface area contributed by atoms with E-state index in [1.165, 1.54) is 36.1 Å². The smallest absolute Gasteiger partial charge is 0.272 e. The molecule has 0 saturated carbocycles. The highest BCUT2D eigenvalue weighted by molar-refractivity contribution is 7.89. The van der Waals surface area contributed by atoms with Crippen LogP contribution in [0.5, 0.6) is 11.6 Å². The number of sulfonamides is 1. The van der Waals surface area contributed by atoms with E-state index < -0.39 is 43.3 Å². The molecule has 0 aliphatic carbocycles. The third kappa shape index (κ3) is 6.47. The predicted molar refractivity (Wildman–Crippen MR) is 131 cm³/mol. The van der Waals surface area contributed by atoms with Crippen LogP contribution in [0.15, 0.2) is 47.4 Å². The van der Waals surface area contributed by atoms with Crippen molar-refractivity contribution in [3.05, 3.63) is 69.7 Å². The van der Waals surface area contributed by atoms with Gasteiger partial charge in [0.25, 0.3) is 11.6 Å². The van der Waals surface area contributed by atoms with Crippen LogP contribution in [0.25, 0.3) is 5.69 Å². The second kappa shape index (κ2) is 11.5. The number of carbonyl (C=O) groups excluding carboxylic acids is 1. The number of nitrogens with zero attached hydrogens (tertiary/aromatic N) is 3. The Balaban J connectivity index is 2.17.